The van der Waals surface area contributed by atoms with Crippen molar-refractivity contribution in [1.29, 1.82) is 0 Å². The molecule has 0 unspecified atom stereocenters. The number of nitrogens with zero attached hydrogens (tertiary/aromatic N) is 4. The predicted molar refractivity (Wildman–Crippen MR) is 143 cm³/mol. The second kappa shape index (κ2) is 13.7. The third kappa shape index (κ3) is 7.15. The molecular weight excluding hydrogens is 486 g/mol. The maximum Gasteiger partial charge on any atom is 0.334 e. The van der Waals surface area contributed by atoms with Crippen LogP contribution >= 0.6 is 0 Å². The van der Waals surface area contributed by atoms with E-state index in [4.69, 9.17) is 11.2 Å². The highest BCUT2D eigenvalue weighted by molar-refractivity contribution is 5.91. The van der Waals surface area contributed by atoms with Gasteiger partial charge in [0.05, 0.1) is 25.4 Å². The number of fused-ring (bicyclic) bond motifs is 1. The van der Waals surface area contributed by atoms with E-state index in [0.717, 1.165) is 11.1 Å². The first-order chi connectivity index (χ1) is 18.3. The highest BCUT2D eigenvalue weighted by atomic mass is 16.5. The number of carbonyl (C=O) groups excluding carboxylic acids is 3. The normalized spacial score (nSPS) is 20.8. The minimum absolute atomic E-state index is 0.0661. The molecule has 0 radical (unpaired) electrons. The number of methoxy groups -OCH3 is 1. The average molecular weight is 524 g/mol. The first kappa shape index (κ1) is 28.8. The number of aliphatic hydroxyl groups excluding tert-OH is 1. The van der Waals surface area contributed by atoms with E-state index in [9.17, 15) is 19.5 Å². The second-order valence-electron chi connectivity index (χ2n) is 9.47. The molecule has 1 aromatic carbocycles. The molecule has 2 aliphatic heterocycles. The van der Waals surface area contributed by atoms with Gasteiger partial charge in [-0.3, -0.25) is 9.59 Å². The van der Waals surface area contributed by atoms with Crippen molar-refractivity contribution in [2.24, 2.45) is 0 Å². The number of urea groups is 1. The molecule has 10 heteroatoms. The van der Waals surface area contributed by atoms with Crippen LogP contribution in [0.3, 0.4) is 0 Å². The highest BCUT2D eigenvalue weighted by Gasteiger charge is 2.51. The largest absolute Gasteiger partial charge is 0.513 e. The molecule has 0 aromatic heterocycles. The van der Waals surface area contributed by atoms with Crippen molar-refractivity contribution in [2.45, 2.75) is 45.4 Å². The van der Waals surface area contributed by atoms with Gasteiger partial charge in [-0.1, -0.05) is 47.9 Å². The van der Waals surface area contributed by atoms with Crippen molar-refractivity contribution in [3.63, 3.8) is 0 Å². The summed E-state index contributed by atoms with van der Waals surface area (Å²) in [6, 6.07) is 8.32. The molecule has 0 spiro atoms. The molecule has 10 nitrogen and oxygen atoms in total. The van der Waals surface area contributed by atoms with Gasteiger partial charge in [0.25, 0.3) is 0 Å². The van der Waals surface area contributed by atoms with Crippen molar-refractivity contribution in [3.8, 4) is 12.3 Å². The minimum atomic E-state index is -0.801. The minimum Gasteiger partial charge on any atom is -0.513 e. The number of ether oxygens (including phenoxy) is 1. The molecule has 2 aliphatic rings. The number of allylic oxidation sites excluding steroid dienone is 3. The van der Waals surface area contributed by atoms with Gasteiger partial charge < -0.3 is 25.0 Å². The number of piperazine rings is 1. The van der Waals surface area contributed by atoms with Crippen molar-refractivity contribution >= 4 is 17.8 Å². The van der Waals surface area contributed by atoms with E-state index in [1.165, 1.54) is 9.91 Å². The Hall–Kier alpha value is -3.81. The fourth-order valence-electron chi connectivity index (χ4n) is 4.73. The second-order valence-corrected chi connectivity index (χ2v) is 9.47. The Morgan fingerprint density at radius 2 is 1.97 bits per heavy atom. The van der Waals surface area contributed by atoms with Crippen LogP contribution in [0.25, 0.3) is 0 Å². The summed E-state index contributed by atoms with van der Waals surface area (Å²) in [6.45, 7) is 4.71. The van der Waals surface area contributed by atoms with E-state index < -0.39 is 18.2 Å². The zero-order chi connectivity index (χ0) is 27.7. The van der Waals surface area contributed by atoms with Gasteiger partial charge in [0.15, 0.2) is 0 Å². The summed E-state index contributed by atoms with van der Waals surface area (Å²) in [7, 11) is 1.60. The van der Waals surface area contributed by atoms with Crippen LogP contribution in [0.2, 0.25) is 0 Å². The fraction of sp³-hybridized carbons (Fsp3) is 0.464. The van der Waals surface area contributed by atoms with Crippen LogP contribution in [-0.4, -0.2) is 94.9 Å². The number of hydrogen-bond donors (Lipinski definition) is 2. The van der Waals surface area contributed by atoms with E-state index in [0.29, 0.717) is 26.1 Å². The first-order valence-corrected chi connectivity index (χ1v) is 12.7. The Balaban J connectivity index is 1.94. The molecule has 2 saturated heterocycles. The molecule has 38 heavy (non-hydrogen) atoms. The van der Waals surface area contributed by atoms with Gasteiger partial charge >= 0.3 is 6.03 Å². The topological polar surface area (TPSA) is 106 Å². The molecule has 4 amide bonds. The van der Waals surface area contributed by atoms with E-state index in [1.807, 2.05) is 37.3 Å². The molecule has 0 bridgehead atoms. The molecule has 2 atom stereocenters. The Labute approximate surface area is 224 Å². The first-order valence-electron chi connectivity index (χ1n) is 12.7. The van der Waals surface area contributed by atoms with Crippen molar-refractivity contribution < 1.29 is 24.2 Å². The molecule has 204 valence electrons. The van der Waals surface area contributed by atoms with Crippen LogP contribution in [-0.2, 0) is 20.9 Å². The quantitative estimate of drug-likeness (QED) is 0.211. The third-order valence-electron chi connectivity index (χ3n) is 6.50. The lowest BCUT2D eigenvalue weighted by Gasteiger charge is -2.55. The summed E-state index contributed by atoms with van der Waals surface area (Å²) >= 11 is 0. The summed E-state index contributed by atoms with van der Waals surface area (Å²) < 4.78 is 5.17. The molecular formula is C28H37N5O5. The predicted octanol–water partition coefficient (Wildman–Crippen LogP) is 2.26. The summed E-state index contributed by atoms with van der Waals surface area (Å²) in [5, 5.41) is 15.5. The molecule has 3 rings (SSSR count). The molecule has 0 saturated carbocycles. The smallest absolute Gasteiger partial charge is 0.334 e. The van der Waals surface area contributed by atoms with Gasteiger partial charge in [-0.25, -0.2) is 9.80 Å². The summed E-state index contributed by atoms with van der Waals surface area (Å²) in [4.78, 5) is 43.8. The lowest BCUT2D eigenvalue weighted by Crippen LogP contribution is -2.76. The van der Waals surface area contributed by atoms with Gasteiger partial charge in [0.1, 0.15) is 12.2 Å². The van der Waals surface area contributed by atoms with Gasteiger partial charge in [-0.15, -0.1) is 6.42 Å². The van der Waals surface area contributed by atoms with Gasteiger partial charge in [-0.05, 0) is 38.3 Å². The Morgan fingerprint density at radius 3 is 2.63 bits per heavy atom. The van der Waals surface area contributed by atoms with Crippen molar-refractivity contribution in [2.75, 3.05) is 39.9 Å². The number of hydrazine groups is 1. The standard InChI is InChI=1S/C28H37N5O5/c1-5-14-31-20-26(35)32-24(17-21(2)12-13-22(3)34)27(36)30(15-9-16-38-4)19-25(32)33(31)28(37)29-18-23-10-7-6-8-11-23/h1,6-8,10-13,24-25,34H,9,14-20H2,2-4H3,(H,29,37)/b21-12+,22-13+/t24-,25-/m0/s1. The van der Waals surface area contributed by atoms with Gasteiger partial charge in [0, 0.05) is 26.8 Å². The lowest BCUT2D eigenvalue weighted by atomic mass is 9.99. The van der Waals surface area contributed by atoms with Crippen molar-refractivity contribution in [1.82, 2.24) is 25.1 Å². The molecule has 0 aliphatic carbocycles. The van der Waals surface area contributed by atoms with Crippen LogP contribution in [0.15, 0.2) is 53.8 Å². The lowest BCUT2D eigenvalue weighted by molar-refractivity contribution is -0.188. The van der Waals surface area contributed by atoms with Crippen molar-refractivity contribution in [3.05, 3.63) is 59.4 Å². The summed E-state index contributed by atoms with van der Waals surface area (Å²) in [6.07, 6.45) is 9.02. The highest BCUT2D eigenvalue weighted by Crippen LogP contribution is 2.29. The zero-order valence-corrected chi connectivity index (χ0v) is 22.3. The fourth-order valence-corrected chi connectivity index (χ4v) is 4.73. The van der Waals surface area contributed by atoms with E-state index in [1.54, 1.807) is 36.1 Å². The van der Waals surface area contributed by atoms with Crippen LogP contribution < -0.4 is 5.32 Å². The molecule has 1 aromatic rings. The van der Waals surface area contributed by atoms with Gasteiger partial charge in [0.2, 0.25) is 11.8 Å². The number of amides is 4. The number of aliphatic hydroxyl groups is 1. The SMILES string of the molecule is C#CCN1CC(=O)N2[C@@H](C/C(C)=C/C=C(\C)O)C(=O)N(CCCOC)C[C@@H]2N1C(=O)NCc1ccccc1. The Bertz CT molecular complexity index is 1090. The maximum absolute atomic E-state index is 13.6. The number of benzene rings is 1. The average Bonchev–Trinajstić information content (AvgIpc) is 2.89. The molecule has 2 heterocycles. The molecule has 2 fully saturated rings. The van der Waals surface area contributed by atoms with E-state index in [-0.39, 0.29) is 43.6 Å². The monoisotopic (exact) mass is 523 g/mol. The number of hydrogen-bond acceptors (Lipinski definition) is 6. The zero-order valence-electron chi connectivity index (χ0n) is 22.3. The number of nitrogens with one attached hydrogen (secondary N) is 1. The number of terminal acetylenes is 1. The van der Waals surface area contributed by atoms with Crippen LogP contribution in [0, 0.1) is 12.3 Å². The van der Waals surface area contributed by atoms with E-state index >= 15 is 0 Å². The van der Waals surface area contributed by atoms with Crippen LogP contribution in [0.1, 0.15) is 32.3 Å². The third-order valence-corrected chi connectivity index (χ3v) is 6.50. The van der Waals surface area contributed by atoms with Crippen LogP contribution in [0.5, 0.6) is 0 Å². The Morgan fingerprint density at radius 1 is 1.24 bits per heavy atom. The maximum atomic E-state index is 13.6. The van der Waals surface area contributed by atoms with Crippen LogP contribution in [0.4, 0.5) is 4.79 Å². The van der Waals surface area contributed by atoms with E-state index in [2.05, 4.69) is 11.2 Å². The molecule has 2 N–H and O–H groups in total. The number of rotatable bonds is 10. The van der Waals surface area contributed by atoms with Gasteiger partial charge in [-0.2, -0.15) is 5.01 Å². The summed E-state index contributed by atoms with van der Waals surface area (Å²) in [5.41, 5.74) is 1.74. The summed E-state index contributed by atoms with van der Waals surface area (Å²) in [5.74, 6) is 2.23. The Kier molecular flexibility index (Phi) is 10.3. The number of carbonyl (C=O) groups is 3.